The van der Waals surface area contributed by atoms with Crippen LogP contribution >= 0.6 is 27.7 Å². The van der Waals surface area contributed by atoms with Gasteiger partial charge < -0.3 is 10.1 Å². The van der Waals surface area contributed by atoms with Gasteiger partial charge in [0.1, 0.15) is 6.54 Å². The summed E-state index contributed by atoms with van der Waals surface area (Å²) in [5.74, 6) is -0.399. The zero-order chi connectivity index (χ0) is 19.2. The van der Waals surface area contributed by atoms with Crippen molar-refractivity contribution >= 4 is 51.3 Å². The van der Waals surface area contributed by atoms with E-state index in [1.165, 1.54) is 16.7 Å². The molecule has 1 N–H and O–H groups in total. The van der Waals surface area contributed by atoms with E-state index in [4.69, 9.17) is 4.74 Å². The molecule has 3 rings (SSSR count). The van der Waals surface area contributed by atoms with Crippen LogP contribution in [0.2, 0.25) is 0 Å². The first-order chi connectivity index (χ1) is 13.1. The molecule has 2 aromatic carbocycles. The van der Waals surface area contributed by atoms with Crippen LogP contribution in [0.4, 0.5) is 5.69 Å². The lowest BCUT2D eigenvalue weighted by Gasteiger charge is -2.29. The number of thioether (sulfide) groups is 1. The second-order valence-electron chi connectivity index (χ2n) is 5.87. The monoisotopic (exact) mass is 446 g/mol. The molecule has 0 unspecified atom stereocenters. The van der Waals surface area contributed by atoms with Gasteiger partial charge in [-0.2, -0.15) is 0 Å². The molecule has 2 aromatic rings. The first-order valence-corrected chi connectivity index (χ1v) is 10.0. The van der Waals surface area contributed by atoms with Gasteiger partial charge in [-0.3, -0.25) is 14.5 Å². The van der Waals surface area contributed by atoms with Crippen LogP contribution in [0.3, 0.4) is 0 Å². The van der Waals surface area contributed by atoms with Crippen molar-refractivity contribution in [3.63, 3.8) is 0 Å². The van der Waals surface area contributed by atoms with E-state index < -0.39 is 0 Å². The van der Waals surface area contributed by atoms with Crippen LogP contribution in [0, 0.1) is 0 Å². The molecule has 0 bridgehead atoms. The van der Waals surface area contributed by atoms with Crippen LogP contribution in [0.5, 0.6) is 0 Å². The van der Waals surface area contributed by atoms with E-state index in [9.17, 15) is 9.59 Å². The Bertz CT molecular complexity index is 885. The van der Waals surface area contributed by atoms with Crippen molar-refractivity contribution in [1.29, 1.82) is 0 Å². The number of benzene rings is 2. The molecule has 0 aromatic heterocycles. The largest absolute Gasteiger partial charge is 0.383 e. The van der Waals surface area contributed by atoms with Crippen molar-refractivity contribution in [2.75, 3.05) is 31.7 Å². The second-order valence-corrected chi connectivity index (χ2v) is 7.87. The van der Waals surface area contributed by atoms with E-state index in [1.807, 2.05) is 54.6 Å². The lowest BCUT2D eigenvalue weighted by molar-refractivity contribution is -0.122. The predicted octanol–water partition coefficient (Wildman–Crippen LogP) is 3.69. The molecule has 0 atom stereocenters. The Labute approximate surface area is 170 Å². The number of halogens is 1. The predicted molar refractivity (Wildman–Crippen MR) is 112 cm³/mol. The third kappa shape index (κ3) is 5.00. The molecule has 0 aliphatic carbocycles. The Kier molecular flexibility index (Phi) is 6.71. The van der Waals surface area contributed by atoms with Gasteiger partial charge in [0.25, 0.3) is 5.91 Å². The van der Waals surface area contributed by atoms with Crippen LogP contribution in [0.15, 0.2) is 62.8 Å². The number of para-hydroxylation sites is 1. The Balaban J connectivity index is 1.87. The van der Waals surface area contributed by atoms with Crippen molar-refractivity contribution in [3.8, 4) is 0 Å². The lowest BCUT2D eigenvalue weighted by atomic mass is 10.2. The summed E-state index contributed by atoms with van der Waals surface area (Å²) in [6.45, 7) is 0.810. The number of anilines is 1. The summed E-state index contributed by atoms with van der Waals surface area (Å²) in [5, 5.41) is 2.76. The van der Waals surface area contributed by atoms with E-state index in [1.54, 1.807) is 7.11 Å². The van der Waals surface area contributed by atoms with Gasteiger partial charge in [0.2, 0.25) is 5.91 Å². The number of rotatable bonds is 6. The first kappa shape index (κ1) is 19.7. The number of hydrogen-bond donors (Lipinski definition) is 1. The van der Waals surface area contributed by atoms with Gasteiger partial charge in [-0.25, -0.2) is 0 Å². The minimum atomic E-state index is -0.219. The standard InChI is InChI=1S/C20H19BrN2O3S/c1-26-10-9-22-19(24)13-23-16-7-2-3-8-17(16)27-18(20(23)25)12-14-5-4-6-15(21)11-14/h2-8,11-12H,9-10,13H2,1H3,(H,22,24). The fourth-order valence-electron chi connectivity index (χ4n) is 2.66. The molecule has 0 spiro atoms. The summed E-state index contributed by atoms with van der Waals surface area (Å²) in [6, 6.07) is 15.3. The molecule has 0 saturated heterocycles. The summed E-state index contributed by atoms with van der Waals surface area (Å²) in [5.41, 5.74) is 1.67. The molecule has 0 saturated carbocycles. The highest BCUT2D eigenvalue weighted by Crippen LogP contribution is 2.41. The van der Waals surface area contributed by atoms with Gasteiger partial charge in [-0.1, -0.05) is 52.0 Å². The van der Waals surface area contributed by atoms with Crippen molar-refractivity contribution in [2.24, 2.45) is 0 Å². The number of amides is 2. The summed E-state index contributed by atoms with van der Waals surface area (Å²) >= 11 is 4.87. The van der Waals surface area contributed by atoms with Gasteiger partial charge in [0.15, 0.2) is 0 Å². The highest BCUT2D eigenvalue weighted by molar-refractivity contribution is 9.10. The van der Waals surface area contributed by atoms with Gasteiger partial charge in [0.05, 0.1) is 17.2 Å². The average molecular weight is 447 g/mol. The zero-order valence-electron chi connectivity index (χ0n) is 14.8. The molecule has 140 valence electrons. The fourth-order valence-corrected chi connectivity index (χ4v) is 4.13. The summed E-state index contributed by atoms with van der Waals surface area (Å²) in [6.07, 6.45) is 1.85. The van der Waals surface area contributed by atoms with E-state index in [0.29, 0.717) is 18.1 Å². The number of methoxy groups -OCH3 is 1. The molecule has 1 aliphatic heterocycles. The van der Waals surface area contributed by atoms with E-state index in [0.717, 1.165) is 20.6 Å². The molecular weight excluding hydrogens is 428 g/mol. The Morgan fingerprint density at radius 1 is 1.26 bits per heavy atom. The molecule has 1 aliphatic rings. The number of hydrogen-bond acceptors (Lipinski definition) is 4. The Morgan fingerprint density at radius 3 is 2.85 bits per heavy atom. The maximum Gasteiger partial charge on any atom is 0.265 e. The van der Waals surface area contributed by atoms with Crippen molar-refractivity contribution in [2.45, 2.75) is 4.90 Å². The number of carbonyl (C=O) groups excluding carboxylic acids is 2. The molecule has 0 fully saturated rings. The van der Waals surface area contributed by atoms with Gasteiger partial charge in [0, 0.05) is 23.0 Å². The SMILES string of the molecule is COCCNC(=O)CN1C(=O)C(=Cc2cccc(Br)c2)Sc2ccccc21. The summed E-state index contributed by atoms with van der Waals surface area (Å²) < 4.78 is 5.89. The van der Waals surface area contributed by atoms with E-state index >= 15 is 0 Å². The Hall–Kier alpha value is -2.09. The van der Waals surface area contributed by atoms with Crippen LogP contribution < -0.4 is 10.2 Å². The maximum atomic E-state index is 13.1. The molecule has 7 heteroatoms. The van der Waals surface area contributed by atoms with Crippen molar-refractivity contribution in [3.05, 3.63) is 63.5 Å². The minimum Gasteiger partial charge on any atom is -0.383 e. The van der Waals surface area contributed by atoms with Crippen LogP contribution in [0.1, 0.15) is 5.56 Å². The van der Waals surface area contributed by atoms with E-state index in [-0.39, 0.29) is 18.4 Å². The second kappa shape index (κ2) is 9.21. The number of fused-ring (bicyclic) bond motifs is 1. The third-order valence-corrected chi connectivity index (χ3v) is 5.48. The lowest BCUT2D eigenvalue weighted by Crippen LogP contribution is -2.43. The molecule has 27 heavy (non-hydrogen) atoms. The zero-order valence-corrected chi connectivity index (χ0v) is 17.2. The highest BCUT2D eigenvalue weighted by atomic mass is 79.9. The van der Waals surface area contributed by atoms with Gasteiger partial charge >= 0.3 is 0 Å². The summed E-state index contributed by atoms with van der Waals surface area (Å²) in [7, 11) is 1.58. The molecular formula is C20H19BrN2O3S. The molecule has 1 heterocycles. The van der Waals surface area contributed by atoms with Gasteiger partial charge in [-0.15, -0.1) is 0 Å². The van der Waals surface area contributed by atoms with Crippen molar-refractivity contribution in [1.82, 2.24) is 5.32 Å². The Morgan fingerprint density at radius 2 is 2.07 bits per heavy atom. The van der Waals surface area contributed by atoms with Crippen LogP contribution in [-0.2, 0) is 14.3 Å². The van der Waals surface area contributed by atoms with Gasteiger partial charge in [-0.05, 0) is 35.9 Å². The fraction of sp³-hybridized carbons (Fsp3) is 0.200. The van der Waals surface area contributed by atoms with Crippen LogP contribution in [0.25, 0.3) is 6.08 Å². The molecule has 0 radical (unpaired) electrons. The number of carbonyl (C=O) groups is 2. The summed E-state index contributed by atoms with van der Waals surface area (Å²) in [4.78, 5) is 28.4. The van der Waals surface area contributed by atoms with Crippen molar-refractivity contribution < 1.29 is 14.3 Å². The normalized spacial score (nSPS) is 15.0. The average Bonchev–Trinajstić information content (AvgIpc) is 2.65. The molecule has 5 nitrogen and oxygen atoms in total. The topological polar surface area (TPSA) is 58.6 Å². The third-order valence-electron chi connectivity index (χ3n) is 3.91. The maximum absolute atomic E-state index is 13.1. The number of nitrogens with one attached hydrogen (secondary N) is 1. The number of ether oxygens (including phenoxy) is 1. The highest BCUT2D eigenvalue weighted by Gasteiger charge is 2.30. The minimum absolute atomic E-state index is 0.0318. The first-order valence-electron chi connectivity index (χ1n) is 8.40. The smallest absolute Gasteiger partial charge is 0.265 e. The van der Waals surface area contributed by atoms with E-state index in [2.05, 4.69) is 21.2 Å². The quantitative estimate of drug-likeness (QED) is 0.542. The molecule has 2 amide bonds. The van der Waals surface area contributed by atoms with Crippen LogP contribution in [-0.4, -0.2) is 38.6 Å². The number of nitrogens with zero attached hydrogens (tertiary/aromatic N) is 1.